The smallest absolute Gasteiger partial charge is 0.112 e. The number of morpholine rings is 1. The van der Waals surface area contributed by atoms with E-state index >= 15 is 0 Å². The van der Waals surface area contributed by atoms with Crippen LogP contribution in [0.2, 0.25) is 0 Å². The van der Waals surface area contributed by atoms with Crippen LogP contribution in [0, 0.1) is 0 Å². The molecule has 1 rings (SSSR count). The van der Waals surface area contributed by atoms with E-state index in [2.05, 4.69) is 19.2 Å². The highest BCUT2D eigenvalue weighted by Gasteiger charge is 2.38. The Morgan fingerprint density at radius 1 is 0.800 bits per heavy atom. The maximum atomic E-state index is 6.46. The lowest BCUT2D eigenvalue weighted by Crippen LogP contribution is -2.54. The molecule has 2 unspecified atom stereocenters. The fourth-order valence-corrected chi connectivity index (χ4v) is 4.41. The van der Waals surface area contributed by atoms with Crippen LogP contribution in [0.4, 0.5) is 0 Å². The van der Waals surface area contributed by atoms with Crippen molar-refractivity contribution < 1.29 is 4.74 Å². The van der Waals surface area contributed by atoms with Crippen molar-refractivity contribution in [3.63, 3.8) is 0 Å². The summed E-state index contributed by atoms with van der Waals surface area (Å²) < 4.78 is 6.05. The average Bonchev–Trinajstić information content (AvgIpc) is 2.63. The SMILES string of the molecule is CCCCCCCCCCCCCCCCC1(CC)OCCNC1Cl. The van der Waals surface area contributed by atoms with Crippen LogP contribution >= 0.6 is 11.6 Å². The van der Waals surface area contributed by atoms with Crippen LogP contribution in [-0.4, -0.2) is 24.3 Å². The van der Waals surface area contributed by atoms with Gasteiger partial charge in [0.15, 0.2) is 0 Å². The van der Waals surface area contributed by atoms with E-state index in [-0.39, 0.29) is 11.1 Å². The third-order valence-corrected chi connectivity index (χ3v) is 6.38. The molecule has 150 valence electrons. The normalized spacial score (nSPS) is 23.9. The fraction of sp³-hybridized carbons (Fsp3) is 1.00. The van der Waals surface area contributed by atoms with Gasteiger partial charge < -0.3 is 4.74 Å². The highest BCUT2D eigenvalue weighted by molar-refractivity contribution is 6.21. The van der Waals surface area contributed by atoms with Gasteiger partial charge in [0.2, 0.25) is 0 Å². The Morgan fingerprint density at radius 3 is 1.72 bits per heavy atom. The molecule has 0 spiro atoms. The number of alkyl halides is 1. The van der Waals surface area contributed by atoms with Crippen LogP contribution in [0.3, 0.4) is 0 Å². The number of halogens is 1. The fourth-order valence-electron chi connectivity index (χ4n) is 3.97. The van der Waals surface area contributed by atoms with E-state index in [1.165, 1.54) is 89.9 Å². The summed E-state index contributed by atoms with van der Waals surface area (Å²) in [5.41, 5.74) is -0.148. The van der Waals surface area contributed by atoms with Crippen molar-refractivity contribution in [2.24, 2.45) is 0 Å². The molecule has 0 amide bonds. The van der Waals surface area contributed by atoms with E-state index in [0.29, 0.717) is 0 Å². The predicted molar refractivity (Wildman–Crippen MR) is 112 cm³/mol. The third-order valence-electron chi connectivity index (χ3n) is 5.83. The first-order chi connectivity index (χ1) is 12.2. The van der Waals surface area contributed by atoms with Gasteiger partial charge in [-0.05, 0) is 12.8 Å². The first-order valence-corrected chi connectivity index (χ1v) is 11.7. The standard InChI is InChI=1S/C22H44ClNO/c1-3-5-6-7-8-9-10-11-12-13-14-15-16-17-18-22(4-2)21(23)24-19-20-25-22/h21,24H,3-20H2,1-2H3. The monoisotopic (exact) mass is 373 g/mol. The van der Waals surface area contributed by atoms with Crippen LogP contribution in [0.15, 0.2) is 0 Å². The number of hydrogen-bond acceptors (Lipinski definition) is 2. The van der Waals surface area contributed by atoms with E-state index in [4.69, 9.17) is 16.3 Å². The van der Waals surface area contributed by atoms with Gasteiger partial charge in [-0.25, -0.2) is 0 Å². The molecule has 2 nitrogen and oxygen atoms in total. The Morgan fingerprint density at radius 2 is 1.28 bits per heavy atom. The molecule has 1 aliphatic rings. The second-order valence-electron chi connectivity index (χ2n) is 7.93. The first-order valence-electron chi connectivity index (χ1n) is 11.3. The summed E-state index contributed by atoms with van der Waals surface area (Å²) in [4.78, 5) is 0. The number of unbranched alkanes of at least 4 members (excludes halogenated alkanes) is 13. The van der Waals surface area contributed by atoms with Gasteiger partial charge in [-0.1, -0.05) is 104 Å². The van der Waals surface area contributed by atoms with Crippen LogP contribution in [-0.2, 0) is 4.74 Å². The highest BCUT2D eigenvalue weighted by Crippen LogP contribution is 2.32. The molecule has 0 aromatic rings. The molecule has 25 heavy (non-hydrogen) atoms. The quantitative estimate of drug-likeness (QED) is 0.175. The van der Waals surface area contributed by atoms with Gasteiger partial charge in [0.05, 0.1) is 12.2 Å². The zero-order valence-corrected chi connectivity index (χ0v) is 17.8. The average molecular weight is 374 g/mol. The maximum Gasteiger partial charge on any atom is 0.112 e. The summed E-state index contributed by atoms with van der Waals surface area (Å²) in [7, 11) is 0. The number of nitrogens with one attached hydrogen (secondary N) is 1. The minimum absolute atomic E-state index is 0.0202. The Kier molecular flexibility index (Phi) is 14.2. The molecule has 1 aliphatic heterocycles. The summed E-state index contributed by atoms with van der Waals surface area (Å²) >= 11 is 6.46. The number of ether oxygens (including phenoxy) is 1. The molecule has 1 fully saturated rings. The Labute approximate surface area is 162 Å². The summed E-state index contributed by atoms with van der Waals surface area (Å²) in [6.45, 7) is 6.17. The molecule has 1 N–H and O–H groups in total. The third kappa shape index (κ3) is 10.2. The topological polar surface area (TPSA) is 21.3 Å². The van der Waals surface area contributed by atoms with Gasteiger partial charge in [-0.15, -0.1) is 11.6 Å². The molecule has 0 saturated carbocycles. The molecule has 1 heterocycles. The van der Waals surface area contributed by atoms with E-state index < -0.39 is 0 Å². The van der Waals surface area contributed by atoms with Crippen LogP contribution in [0.5, 0.6) is 0 Å². The van der Waals surface area contributed by atoms with Gasteiger partial charge in [0, 0.05) is 6.54 Å². The second-order valence-corrected chi connectivity index (χ2v) is 8.37. The van der Waals surface area contributed by atoms with Crippen molar-refractivity contribution in [3.05, 3.63) is 0 Å². The molecule has 0 aromatic carbocycles. The van der Waals surface area contributed by atoms with Crippen molar-refractivity contribution in [2.45, 2.75) is 128 Å². The van der Waals surface area contributed by atoms with Crippen molar-refractivity contribution >= 4 is 11.6 Å². The Balaban J connectivity index is 1.87. The predicted octanol–water partition coefficient (Wildman–Crippen LogP) is 7.19. The molecule has 0 aromatic heterocycles. The molecule has 0 radical (unpaired) electrons. The minimum Gasteiger partial charge on any atom is -0.371 e. The molecule has 0 bridgehead atoms. The van der Waals surface area contributed by atoms with Crippen molar-refractivity contribution in [1.29, 1.82) is 0 Å². The van der Waals surface area contributed by atoms with Gasteiger partial charge in [0.25, 0.3) is 0 Å². The van der Waals surface area contributed by atoms with Crippen molar-refractivity contribution in [3.8, 4) is 0 Å². The lowest BCUT2D eigenvalue weighted by molar-refractivity contribution is -0.0859. The van der Waals surface area contributed by atoms with E-state index in [1.807, 2.05) is 0 Å². The molecular weight excluding hydrogens is 330 g/mol. The first kappa shape index (κ1) is 23.2. The lowest BCUT2D eigenvalue weighted by atomic mass is 9.91. The van der Waals surface area contributed by atoms with Gasteiger partial charge in [-0.3, -0.25) is 5.32 Å². The molecule has 1 saturated heterocycles. The Hall–Kier alpha value is 0.210. The summed E-state index contributed by atoms with van der Waals surface area (Å²) in [6, 6.07) is 0. The van der Waals surface area contributed by atoms with Crippen molar-refractivity contribution in [2.75, 3.05) is 13.2 Å². The van der Waals surface area contributed by atoms with E-state index in [1.54, 1.807) is 0 Å². The minimum atomic E-state index is -0.128. The van der Waals surface area contributed by atoms with Gasteiger partial charge in [0.1, 0.15) is 5.50 Å². The largest absolute Gasteiger partial charge is 0.371 e. The maximum absolute atomic E-state index is 6.46. The number of hydrogen-bond donors (Lipinski definition) is 1. The molecule has 0 aliphatic carbocycles. The second kappa shape index (κ2) is 15.3. The molecular formula is C22H44ClNO. The zero-order valence-electron chi connectivity index (χ0n) is 17.1. The summed E-state index contributed by atoms with van der Waals surface area (Å²) in [5.74, 6) is 0. The lowest BCUT2D eigenvalue weighted by Gasteiger charge is -2.41. The summed E-state index contributed by atoms with van der Waals surface area (Å²) in [5, 5.41) is 3.36. The highest BCUT2D eigenvalue weighted by atomic mass is 35.5. The zero-order chi connectivity index (χ0) is 18.2. The van der Waals surface area contributed by atoms with Gasteiger partial charge >= 0.3 is 0 Å². The van der Waals surface area contributed by atoms with Crippen LogP contribution < -0.4 is 5.32 Å². The Bertz CT molecular complexity index is 300. The number of rotatable bonds is 16. The van der Waals surface area contributed by atoms with E-state index in [9.17, 15) is 0 Å². The molecule has 2 atom stereocenters. The van der Waals surface area contributed by atoms with Gasteiger partial charge in [-0.2, -0.15) is 0 Å². The summed E-state index contributed by atoms with van der Waals surface area (Å²) in [6.07, 6.45) is 21.8. The van der Waals surface area contributed by atoms with E-state index in [0.717, 1.165) is 26.0 Å². The molecule has 3 heteroatoms. The van der Waals surface area contributed by atoms with Crippen molar-refractivity contribution in [1.82, 2.24) is 5.32 Å². The van der Waals surface area contributed by atoms with Crippen LogP contribution in [0.1, 0.15) is 117 Å². The van der Waals surface area contributed by atoms with Crippen LogP contribution in [0.25, 0.3) is 0 Å².